The topological polar surface area (TPSA) is 17.8 Å². The molecule has 0 atom stereocenters. The normalized spacial score (nSPS) is 11.0. The van der Waals surface area contributed by atoms with Gasteiger partial charge in [0.15, 0.2) is 0 Å². The Labute approximate surface area is 84.6 Å². The maximum Gasteiger partial charge on any atom is 0.0883 e. The lowest BCUT2D eigenvalue weighted by atomic mass is 10.2. The van der Waals surface area contributed by atoms with E-state index in [1.54, 1.807) is 0 Å². The molecule has 2 heterocycles. The molecule has 0 saturated heterocycles. The molecule has 0 amide bonds. The van der Waals surface area contributed by atoms with E-state index in [0.717, 1.165) is 11.9 Å². The Kier molecular flexibility index (Phi) is 2.53. The SMILES string of the molecule is CCCCc1cc2ncccc2n1C. The molecule has 0 bridgehead atoms. The van der Waals surface area contributed by atoms with Crippen LogP contribution in [-0.2, 0) is 13.5 Å². The molecule has 74 valence electrons. The first kappa shape index (κ1) is 9.25. The highest BCUT2D eigenvalue weighted by Crippen LogP contribution is 2.17. The monoisotopic (exact) mass is 188 g/mol. The van der Waals surface area contributed by atoms with Gasteiger partial charge in [0.25, 0.3) is 0 Å². The van der Waals surface area contributed by atoms with Crippen molar-refractivity contribution >= 4 is 11.0 Å². The molecule has 0 saturated carbocycles. The van der Waals surface area contributed by atoms with Crippen LogP contribution in [0.4, 0.5) is 0 Å². The van der Waals surface area contributed by atoms with Gasteiger partial charge in [-0.3, -0.25) is 4.98 Å². The maximum absolute atomic E-state index is 4.35. The van der Waals surface area contributed by atoms with Gasteiger partial charge in [0.2, 0.25) is 0 Å². The van der Waals surface area contributed by atoms with E-state index in [0.29, 0.717) is 0 Å². The number of hydrogen-bond donors (Lipinski definition) is 0. The summed E-state index contributed by atoms with van der Waals surface area (Å²) in [7, 11) is 2.12. The van der Waals surface area contributed by atoms with Crippen LogP contribution in [0.15, 0.2) is 24.4 Å². The standard InChI is InChI=1S/C12H16N2/c1-3-4-6-10-9-11-12(14(10)2)7-5-8-13-11/h5,7-9H,3-4,6H2,1-2H3. The summed E-state index contributed by atoms with van der Waals surface area (Å²) in [4.78, 5) is 4.35. The lowest BCUT2D eigenvalue weighted by Crippen LogP contribution is -1.95. The number of pyridine rings is 1. The average molecular weight is 188 g/mol. The number of hydrogen-bond acceptors (Lipinski definition) is 1. The third kappa shape index (κ3) is 1.52. The smallest absolute Gasteiger partial charge is 0.0883 e. The molecule has 0 radical (unpaired) electrons. The molecule has 2 aromatic rings. The minimum Gasteiger partial charge on any atom is -0.346 e. The third-order valence-electron chi connectivity index (χ3n) is 2.70. The Hall–Kier alpha value is -1.31. The van der Waals surface area contributed by atoms with Gasteiger partial charge in [0.1, 0.15) is 0 Å². The second-order valence-corrected chi connectivity index (χ2v) is 3.71. The summed E-state index contributed by atoms with van der Waals surface area (Å²) in [6.45, 7) is 2.22. The van der Waals surface area contributed by atoms with E-state index in [2.05, 4.69) is 35.7 Å². The van der Waals surface area contributed by atoms with Gasteiger partial charge in [0.05, 0.1) is 11.0 Å². The van der Waals surface area contributed by atoms with Crippen molar-refractivity contribution in [3.05, 3.63) is 30.1 Å². The summed E-state index contributed by atoms with van der Waals surface area (Å²) in [5, 5.41) is 0. The van der Waals surface area contributed by atoms with Crippen molar-refractivity contribution in [2.24, 2.45) is 7.05 Å². The maximum atomic E-state index is 4.35. The summed E-state index contributed by atoms with van der Waals surface area (Å²) in [5.74, 6) is 0. The Morgan fingerprint density at radius 3 is 3.00 bits per heavy atom. The van der Waals surface area contributed by atoms with Crippen molar-refractivity contribution < 1.29 is 0 Å². The summed E-state index contributed by atoms with van der Waals surface area (Å²) < 4.78 is 2.25. The Morgan fingerprint density at radius 1 is 1.43 bits per heavy atom. The number of rotatable bonds is 3. The van der Waals surface area contributed by atoms with Gasteiger partial charge in [-0.05, 0) is 31.0 Å². The molecule has 0 unspecified atom stereocenters. The van der Waals surface area contributed by atoms with Crippen molar-refractivity contribution in [1.29, 1.82) is 0 Å². The van der Waals surface area contributed by atoms with Gasteiger partial charge in [-0.2, -0.15) is 0 Å². The summed E-state index contributed by atoms with van der Waals surface area (Å²) >= 11 is 0. The summed E-state index contributed by atoms with van der Waals surface area (Å²) in [6.07, 6.45) is 5.51. The third-order valence-corrected chi connectivity index (χ3v) is 2.70. The van der Waals surface area contributed by atoms with Crippen LogP contribution in [0.2, 0.25) is 0 Å². The molecule has 0 aliphatic rings. The number of unbranched alkanes of at least 4 members (excludes halogenated alkanes) is 1. The van der Waals surface area contributed by atoms with E-state index in [1.165, 1.54) is 24.1 Å². The van der Waals surface area contributed by atoms with Crippen LogP contribution in [-0.4, -0.2) is 9.55 Å². The van der Waals surface area contributed by atoms with Crippen LogP contribution >= 0.6 is 0 Å². The molecule has 2 aromatic heterocycles. The fraction of sp³-hybridized carbons (Fsp3) is 0.417. The van der Waals surface area contributed by atoms with Crippen molar-refractivity contribution in [2.45, 2.75) is 26.2 Å². The molecular weight excluding hydrogens is 172 g/mol. The number of nitrogens with zero attached hydrogens (tertiary/aromatic N) is 2. The molecule has 0 aliphatic heterocycles. The van der Waals surface area contributed by atoms with Gasteiger partial charge < -0.3 is 4.57 Å². The van der Waals surface area contributed by atoms with Crippen molar-refractivity contribution in [3.63, 3.8) is 0 Å². The fourth-order valence-electron chi connectivity index (χ4n) is 1.81. The minimum atomic E-state index is 1.11. The quantitative estimate of drug-likeness (QED) is 0.724. The van der Waals surface area contributed by atoms with E-state index in [4.69, 9.17) is 0 Å². The summed E-state index contributed by atoms with van der Waals surface area (Å²) in [5.41, 5.74) is 3.74. The predicted octanol–water partition coefficient (Wildman–Crippen LogP) is 2.92. The zero-order valence-electron chi connectivity index (χ0n) is 8.83. The van der Waals surface area contributed by atoms with Crippen LogP contribution in [0.1, 0.15) is 25.5 Å². The van der Waals surface area contributed by atoms with Crippen LogP contribution in [0.3, 0.4) is 0 Å². The van der Waals surface area contributed by atoms with Crippen LogP contribution in [0.5, 0.6) is 0 Å². The first-order valence-electron chi connectivity index (χ1n) is 5.22. The zero-order valence-corrected chi connectivity index (χ0v) is 8.83. The van der Waals surface area contributed by atoms with E-state index < -0.39 is 0 Å². The molecular formula is C12H16N2. The first-order chi connectivity index (χ1) is 6.83. The largest absolute Gasteiger partial charge is 0.346 e. The molecule has 0 N–H and O–H groups in total. The van der Waals surface area contributed by atoms with Crippen molar-refractivity contribution in [2.75, 3.05) is 0 Å². The van der Waals surface area contributed by atoms with Crippen molar-refractivity contribution in [3.8, 4) is 0 Å². The summed E-state index contributed by atoms with van der Waals surface area (Å²) in [6, 6.07) is 6.31. The molecule has 2 rings (SSSR count). The number of aromatic nitrogens is 2. The molecule has 14 heavy (non-hydrogen) atoms. The lowest BCUT2D eigenvalue weighted by Gasteiger charge is -2.02. The fourth-order valence-corrected chi connectivity index (χ4v) is 1.81. The van der Waals surface area contributed by atoms with E-state index >= 15 is 0 Å². The van der Waals surface area contributed by atoms with Gasteiger partial charge in [-0.25, -0.2) is 0 Å². The van der Waals surface area contributed by atoms with Crippen LogP contribution in [0.25, 0.3) is 11.0 Å². The Morgan fingerprint density at radius 2 is 2.29 bits per heavy atom. The number of aryl methyl sites for hydroxylation is 2. The van der Waals surface area contributed by atoms with Gasteiger partial charge >= 0.3 is 0 Å². The highest BCUT2D eigenvalue weighted by Gasteiger charge is 2.04. The molecule has 2 heteroatoms. The van der Waals surface area contributed by atoms with Gasteiger partial charge in [-0.1, -0.05) is 13.3 Å². The van der Waals surface area contributed by atoms with E-state index in [9.17, 15) is 0 Å². The average Bonchev–Trinajstić information content (AvgIpc) is 2.54. The lowest BCUT2D eigenvalue weighted by molar-refractivity contribution is 0.742. The highest BCUT2D eigenvalue weighted by molar-refractivity contribution is 5.76. The van der Waals surface area contributed by atoms with Crippen LogP contribution in [0, 0.1) is 0 Å². The Bertz CT molecular complexity index is 429. The number of fused-ring (bicyclic) bond motifs is 1. The van der Waals surface area contributed by atoms with Gasteiger partial charge in [0, 0.05) is 18.9 Å². The predicted molar refractivity (Wildman–Crippen MR) is 59.3 cm³/mol. The van der Waals surface area contributed by atoms with E-state index in [1.807, 2.05) is 12.3 Å². The zero-order chi connectivity index (χ0) is 9.97. The minimum absolute atomic E-state index is 1.11. The molecule has 0 spiro atoms. The second-order valence-electron chi connectivity index (χ2n) is 3.71. The van der Waals surface area contributed by atoms with Crippen LogP contribution < -0.4 is 0 Å². The Balaban J connectivity index is 2.41. The molecule has 0 aliphatic carbocycles. The first-order valence-corrected chi connectivity index (χ1v) is 5.22. The molecule has 0 fully saturated rings. The molecule has 0 aromatic carbocycles. The highest BCUT2D eigenvalue weighted by atomic mass is 15.0. The second kappa shape index (κ2) is 3.82. The van der Waals surface area contributed by atoms with E-state index in [-0.39, 0.29) is 0 Å². The molecule has 2 nitrogen and oxygen atoms in total. The van der Waals surface area contributed by atoms with Gasteiger partial charge in [-0.15, -0.1) is 0 Å². The van der Waals surface area contributed by atoms with Crippen molar-refractivity contribution in [1.82, 2.24) is 9.55 Å².